The average Bonchev–Trinajstić information content (AvgIpc) is 3.29. The van der Waals surface area contributed by atoms with Crippen LogP contribution in [0.15, 0.2) is 70.0 Å². The lowest BCUT2D eigenvalue weighted by molar-refractivity contribution is -0.123. The Morgan fingerprint density at radius 1 is 1.10 bits per heavy atom. The molecule has 1 aliphatic rings. The molecule has 2 aromatic carbocycles. The molecule has 0 unspecified atom stereocenters. The topological polar surface area (TPSA) is 59.8 Å². The van der Waals surface area contributed by atoms with Gasteiger partial charge in [0.15, 0.2) is 0 Å². The van der Waals surface area contributed by atoms with Gasteiger partial charge >= 0.3 is 0 Å². The van der Waals surface area contributed by atoms with E-state index in [9.17, 15) is 9.59 Å². The quantitative estimate of drug-likeness (QED) is 0.439. The van der Waals surface area contributed by atoms with E-state index in [0.29, 0.717) is 27.2 Å². The largest absolute Gasteiger partial charge is 0.492 e. The van der Waals surface area contributed by atoms with Crippen LogP contribution in [0.5, 0.6) is 5.75 Å². The Morgan fingerprint density at radius 2 is 1.90 bits per heavy atom. The summed E-state index contributed by atoms with van der Waals surface area (Å²) >= 11 is 6.81. The number of ether oxygens (including phenoxy) is 1. The van der Waals surface area contributed by atoms with Crippen LogP contribution in [0.2, 0.25) is 5.02 Å². The van der Waals surface area contributed by atoms with Gasteiger partial charge in [-0.05, 0) is 72.8 Å². The van der Waals surface area contributed by atoms with Gasteiger partial charge in [-0.15, -0.1) is 0 Å². The highest BCUT2D eigenvalue weighted by molar-refractivity contribution is 8.18. The molecule has 1 saturated heterocycles. The maximum Gasteiger partial charge on any atom is 0.293 e. The van der Waals surface area contributed by atoms with Gasteiger partial charge in [-0.2, -0.15) is 0 Å². The van der Waals surface area contributed by atoms with Crippen molar-refractivity contribution < 1.29 is 18.7 Å². The second-order valence-electron chi connectivity index (χ2n) is 6.71. The van der Waals surface area contributed by atoms with Crippen molar-refractivity contribution in [2.24, 2.45) is 0 Å². The summed E-state index contributed by atoms with van der Waals surface area (Å²) in [5.74, 6) is 1.52. The number of imide groups is 1. The molecule has 0 N–H and O–H groups in total. The van der Waals surface area contributed by atoms with Crippen LogP contribution in [0.1, 0.15) is 11.3 Å². The van der Waals surface area contributed by atoms with E-state index < -0.39 is 0 Å². The van der Waals surface area contributed by atoms with Gasteiger partial charge in [-0.25, -0.2) is 0 Å². The fraction of sp³-hybridized carbons (Fsp3) is 0.130. The Morgan fingerprint density at radius 3 is 2.67 bits per heavy atom. The molecule has 0 radical (unpaired) electrons. The highest BCUT2D eigenvalue weighted by Crippen LogP contribution is 2.33. The monoisotopic (exact) mass is 439 g/mol. The lowest BCUT2D eigenvalue weighted by Crippen LogP contribution is -2.32. The summed E-state index contributed by atoms with van der Waals surface area (Å²) in [6, 6.07) is 18.5. The summed E-state index contributed by atoms with van der Waals surface area (Å²) in [6.07, 6.45) is 1.59. The fourth-order valence-corrected chi connectivity index (χ4v) is 3.95. The summed E-state index contributed by atoms with van der Waals surface area (Å²) in [5.41, 5.74) is 1.96. The smallest absolute Gasteiger partial charge is 0.293 e. The Kier molecular flexibility index (Phi) is 5.97. The van der Waals surface area contributed by atoms with Crippen molar-refractivity contribution in [1.82, 2.24) is 4.90 Å². The van der Waals surface area contributed by atoms with E-state index in [1.165, 1.54) is 4.90 Å². The second kappa shape index (κ2) is 8.81. The van der Waals surface area contributed by atoms with Gasteiger partial charge in [-0.3, -0.25) is 14.5 Å². The lowest BCUT2D eigenvalue weighted by Gasteiger charge is -2.13. The third-order valence-electron chi connectivity index (χ3n) is 4.48. The predicted molar refractivity (Wildman–Crippen MR) is 119 cm³/mol. The van der Waals surface area contributed by atoms with Gasteiger partial charge in [0.05, 0.1) is 11.4 Å². The van der Waals surface area contributed by atoms with Crippen molar-refractivity contribution in [3.8, 4) is 17.1 Å². The maximum absolute atomic E-state index is 12.6. The van der Waals surface area contributed by atoms with Crippen molar-refractivity contribution in [2.45, 2.75) is 6.92 Å². The van der Waals surface area contributed by atoms with Gasteiger partial charge in [-0.1, -0.05) is 23.7 Å². The molecule has 1 aromatic heterocycles. The number of rotatable bonds is 6. The van der Waals surface area contributed by atoms with Crippen molar-refractivity contribution in [1.29, 1.82) is 0 Å². The number of benzene rings is 2. The molecule has 4 rings (SSSR count). The minimum Gasteiger partial charge on any atom is -0.492 e. The number of carbonyl (C=O) groups is 2. The zero-order valence-corrected chi connectivity index (χ0v) is 17.7. The van der Waals surface area contributed by atoms with E-state index >= 15 is 0 Å². The number of halogens is 1. The minimum absolute atomic E-state index is 0.185. The fourth-order valence-electron chi connectivity index (χ4n) is 2.98. The molecule has 30 heavy (non-hydrogen) atoms. The number of nitrogens with zero attached hydrogens (tertiary/aromatic N) is 1. The first kappa shape index (κ1) is 20.3. The molecule has 152 valence electrons. The zero-order chi connectivity index (χ0) is 21.1. The highest BCUT2D eigenvalue weighted by Gasteiger charge is 2.35. The van der Waals surface area contributed by atoms with E-state index in [1.54, 1.807) is 24.3 Å². The molecular weight excluding hydrogens is 422 g/mol. The number of amides is 2. The summed E-state index contributed by atoms with van der Waals surface area (Å²) in [4.78, 5) is 26.4. The van der Waals surface area contributed by atoms with Crippen molar-refractivity contribution in [3.05, 3.63) is 81.9 Å². The van der Waals surface area contributed by atoms with Crippen LogP contribution < -0.4 is 4.74 Å². The number of thioether (sulfide) groups is 1. The van der Waals surface area contributed by atoms with Crippen LogP contribution >= 0.6 is 23.4 Å². The van der Waals surface area contributed by atoms with Crippen LogP contribution in [0, 0.1) is 6.92 Å². The zero-order valence-electron chi connectivity index (χ0n) is 16.1. The first-order valence-corrected chi connectivity index (χ1v) is 10.5. The van der Waals surface area contributed by atoms with Crippen LogP contribution in [-0.2, 0) is 4.79 Å². The summed E-state index contributed by atoms with van der Waals surface area (Å²) in [5, 5.41) is 0.328. The Labute approximate surface area is 183 Å². The summed E-state index contributed by atoms with van der Waals surface area (Å²) < 4.78 is 11.5. The van der Waals surface area contributed by atoms with E-state index in [2.05, 4.69) is 0 Å². The molecule has 0 spiro atoms. The van der Waals surface area contributed by atoms with E-state index in [1.807, 2.05) is 49.4 Å². The molecule has 0 atom stereocenters. The van der Waals surface area contributed by atoms with Gasteiger partial charge in [0.2, 0.25) is 0 Å². The standard InChI is InChI=1S/C23H18ClNO4S/c1-15-3-2-4-18(13-15)28-12-11-25-22(26)21(30-23(25)27)14-19-9-10-20(29-19)16-5-7-17(24)8-6-16/h2-10,13-14H,11-12H2,1H3/b21-14-. The van der Waals surface area contributed by atoms with Gasteiger partial charge in [0, 0.05) is 16.7 Å². The minimum atomic E-state index is -0.345. The molecule has 2 amide bonds. The van der Waals surface area contributed by atoms with Crippen molar-refractivity contribution in [2.75, 3.05) is 13.2 Å². The Hall–Kier alpha value is -2.96. The molecule has 7 heteroatoms. The molecule has 3 aromatic rings. The number of carbonyl (C=O) groups excluding carboxylic acids is 2. The van der Waals surface area contributed by atoms with Gasteiger partial charge in [0.25, 0.3) is 11.1 Å². The molecule has 5 nitrogen and oxygen atoms in total. The summed E-state index contributed by atoms with van der Waals surface area (Å²) in [7, 11) is 0. The second-order valence-corrected chi connectivity index (χ2v) is 8.14. The first-order chi connectivity index (χ1) is 14.5. The third kappa shape index (κ3) is 4.61. The van der Waals surface area contributed by atoms with E-state index in [0.717, 1.165) is 22.9 Å². The number of aryl methyl sites for hydroxylation is 1. The van der Waals surface area contributed by atoms with Gasteiger partial charge < -0.3 is 9.15 Å². The third-order valence-corrected chi connectivity index (χ3v) is 5.63. The molecule has 1 fully saturated rings. The van der Waals surface area contributed by atoms with Crippen LogP contribution in [0.3, 0.4) is 0 Å². The Balaban J connectivity index is 1.41. The van der Waals surface area contributed by atoms with Gasteiger partial charge in [0.1, 0.15) is 23.9 Å². The molecular formula is C23H18ClNO4S. The number of hydrogen-bond donors (Lipinski definition) is 0. The normalized spacial score (nSPS) is 15.3. The van der Waals surface area contributed by atoms with Crippen molar-refractivity contribution in [3.63, 3.8) is 0 Å². The SMILES string of the molecule is Cc1cccc(OCCN2C(=O)S/C(=C\c3ccc(-c4ccc(Cl)cc4)o3)C2=O)c1. The number of furan rings is 1. The average molecular weight is 440 g/mol. The highest BCUT2D eigenvalue weighted by atomic mass is 35.5. The first-order valence-electron chi connectivity index (χ1n) is 9.30. The summed E-state index contributed by atoms with van der Waals surface area (Å²) in [6.45, 7) is 2.39. The van der Waals surface area contributed by atoms with Crippen LogP contribution in [0.25, 0.3) is 17.4 Å². The molecule has 0 bridgehead atoms. The molecule has 0 aliphatic carbocycles. The van der Waals surface area contributed by atoms with E-state index in [4.69, 9.17) is 20.8 Å². The molecule has 0 saturated carbocycles. The molecule has 2 heterocycles. The van der Waals surface area contributed by atoms with E-state index in [-0.39, 0.29) is 24.3 Å². The molecule has 1 aliphatic heterocycles. The predicted octanol–water partition coefficient (Wildman–Crippen LogP) is 6.02. The Bertz CT molecular complexity index is 1120. The van der Waals surface area contributed by atoms with Crippen molar-refractivity contribution >= 4 is 40.6 Å². The van der Waals surface area contributed by atoms with Crippen LogP contribution in [0.4, 0.5) is 4.79 Å². The lowest BCUT2D eigenvalue weighted by atomic mass is 10.2. The van der Waals surface area contributed by atoms with Crippen LogP contribution in [-0.4, -0.2) is 29.2 Å². The maximum atomic E-state index is 12.6. The number of hydrogen-bond acceptors (Lipinski definition) is 5.